The summed E-state index contributed by atoms with van der Waals surface area (Å²) in [6.45, 7) is 2.83. The summed E-state index contributed by atoms with van der Waals surface area (Å²) in [4.78, 5) is 26.8. The first-order chi connectivity index (χ1) is 13.7. The van der Waals surface area contributed by atoms with Crippen molar-refractivity contribution in [2.24, 2.45) is 5.73 Å². The highest BCUT2D eigenvalue weighted by molar-refractivity contribution is 6.35. The summed E-state index contributed by atoms with van der Waals surface area (Å²) in [7, 11) is 0. The van der Waals surface area contributed by atoms with Gasteiger partial charge in [-0.2, -0.15) is 0 Å². The van der Waals surface area contributed by atoms with Crippen molar-refractivity contribution in [1.29, 1.82) is 0 Å². The molecular formula is C21H20FN3O4. The zero-order chi connectivity index (χ0) is 21.3. The third-order valence-electron chi connectivity index (χ3n) is 4.60. The Morgan fingerprint density at radius 2 is 2.07 bits per heavy atom. The number of carbonyl (C=O) groups is 2. The molecule has 1 aromatic heterocycles. The molecule has 1 aromatic carbocycles. The third kappa shape index (κ3) is 4.12. The van der Waals surface area contributed by atoms with E-state index in [1.165, 1.54) is 32.2 Å². The highest BCUT2D eigenvalue weighted by Gasteiger charge is 2.29. The van der Waals surface area contributed by atoms with Gasteiger partial charge in [-0.1, -0.05) is 11.8 Å². The van der Waals surface area contributed by atoms with Crippen molar-refractivity contribution in [2.45, 2.75) is 32.1 Å². The molecule has 2 aromatic rings. The van der Waals surface area contributed by atoms with Gasteiger partial charge in [-0.15, -0.1) is 0 Å². The van der Waals surface area contributed by atoms with E-state index in [1.54, 1.807) is 6.07 Å². The predicted octanol–water partition coefficient (Wildman–Crippen LogP) is 1.27. The second-order valence-corrected chi connectivity index (χ2v) is 6.79. The monoisotopic (exact) mass is 397 g/mol. The molecule has 1 amide bonds. The number of aromatic nitrogens is 1. The van der Waals surface area contributed by atoms with Gasteiger partial charge in [0.2, 0.25) is 0 Å². The van der Waals surface area contributed by atoms with Crippen LogP contribution in [0, 0.1) is 17.7 Å². The molecular weight excluding hydrogens is 377 g/mol. The lowest BCUT2D eigenvalue weighted by molar-refractivity contribution is -0.110. The average Bonchev–Trinajstić information content (AvgIpc) is 3.25. The normalized spacial score (nSPS) is 17.2. The fourth-order valence-electron chi connectivity index (χ4n) is 2.88. The Morgan fingerprint density at radius 1 is 1.34 bits per heavy atom. The summed E-state index contributed by atoms with van der Waals surface area (Å²) in [5, 5.41) is 22.1. The van der Waals surface area contributed by atoms with Crippen LogP contribution in [0.5, 0.6) is 0 Å². The largest absolute Gasteiger partial charge is 0.392 e. The van der Waals surface area contributed by atoms with Gasteiger partial charge in [-0.25, -0.2) is 4.39 Å². The van der Waals surface area contributed by atoms with Crippen molar-refractivity contribution in [3.8, 4) is 11.8 Å². The Bertz CT molecular complexity index is 1080. The maximum absolute atomic E-state index is 14.5. The molecule has 0 fully saturated rings. The Kier molecular flexibility index (Phi) is 5.66. The number of hydrogen-bond donors (Lipinski definition) is 5. The van der Waals surface area contributed by atoms with Gasteiger partial charge < -0.3 is 26.2 Å². The number of H-pyrrole nitrogens is 1. The molecule has 1 aliphatic rings. The van der Waals surface area contributed by atoms with Crippen LogP contribution in [0.3, 0.4) is 0 Å². The van der Waals surface area contributed by atoms with Crippen LogP contribution in [0.15, 0.2) is 24.4 Å². The number of anilines is 1. The second-order valence-electron chi connectivity index (χ2n) is 6.79. The van der Waals surface area contributed by atoms with Gasteiger partial charge in [0, 0.05) is 23.0 Å². The Morgan fingerprint density at radius 3 is 2.69 bits per heavy atom. The first-order valence-corrected chi connectivity index (χ1v) is 8.87. The topological polar surface area (TPSA) is 128 Å². The minimum absolute atomic E-state index is 0.0812. The molecule has 150 valence electrons. The molecule has 0 unspecified atom stereocenters. The number of benzene rings is 1. The molecule has 6 N–H and O–H groups in total. The highest BCUT2D eigenvalue weighted by atomic mass is 19.1. The molecule has 0 spiro atoms. The van der Waals surface area contributed by atoms with E-state index in [0.29, 0.717) is 16.9 Å². The van der Waals surface area contributed by atoms with Crippen LogP contribution >= 0.6 is 0 Å². The van der Waals surface area contributed by atoms with Crippen molar-refractivity contribution in [1.82, 2.24) is 4.98 Å². The molecule has 29 heavy (non-hydrogen) atoms. The van der Waals surface area contributed by atoms with Crippen LogP contribution in [-0.4, -0.2) is 45.1 Å². The molecule has 8 heteroatoms. The number of fused-ring (bicyclic) bond motifs is 1. The van der Waals surface area contributed by atoms with E-state index in [9.17, 15) is 24.2 Å². The SMILES string of the molecule is CC(=O)c1c[nH]c(C=C2C(=O)Nc3ccc(F)c(C#C[C@H](O)[C@@H](N)[C@@H](C)O)c32)c1. The molecule has 0 aliphatic carbocycles. The van der Waals surface area contributed by atoms with E-state index in [-0.39, 0.29) is 22.5 Å². The molecule has 0 bridgehead atoms. The zero-order valence-corrected chi connectivity index (χ0v) is 15.8. The smallest absolute Gasteiger partial charge is 0.256 e. The number of amides is 1. The Balaban J connectivity index is 2.07. The van der Waals surface area contributed by atoms with Crippen molar-refractivity contribution in [3.05, 3.63) is 52.6 Å². The number of hydrogen-bond acceptors (Lipinski definition) is 5. The van der Waals surface area contributed by atoms with Gasteiger partial charge in [0.05, 0.1) is 29.0 Å². The van der Waals surface area contributed by atoms with Crippen LogP contribution in [0.25, 0.3) is 11.6 Å². The number of nitrogens with one attached hydrogen (secondary N) is 2. The number of carbonyl (C=O) groups excluding carboxylic acids is 2. The van der Waals surface area contributed by atoms with E-state index >= 15 is 0 Å². The Labute approximate surface area is 166 Å². The van der Waals surface area contributed by atoms with E-state index in [2.05, 4.69) is 22.1 Å². The number of aromatic amines is 1. The summed E-state index contributed by atoms with van der Waals surface area (Å²) < 4.78 is 14.5. The first kappa shape index (κ1) is 20.5. The lowest BCUT2D eigenvalue weighted by Gasteiger charge is -2.16. The van der Waals surface area contributed by atoms with Crippen LogP contribution in [-0.2, 0) is 4.79 Å². The number of nitrogens with two attached hydrogens (primary N) is 1. The third-order valence-corrected chi connectivity index (χ3v) is 4.60. The molecule has 7 nitrogen and oxygen atoms in total. The van der Waals surface area contributed by atoms with Crippen LogP contribution in [0.4, 0.5) is 10.1 Å². The maximum Gasteiger partial charge on any atom is 0.256 e. The number of rotatable bonds is 4. The number of aliphatic hydroxyl groups is 2. The van der Waals surface area contributed by atoms with E-state index in [4.69, 9.17) is 5.73 Å². The molecule has 1 aliphatic heterocycles. The fourth-order valence-corrected chi connectivity index (χ4v) is 2.88. The van der Waals surface area contributed by atoms with Crippen LogP contribution < -0.4 is 11.1 Å². The minimum Gasteiger partial charge on any atom is -0.392 e. The van der Waals surface area contributed by atoms with Crippen molar-refractivity contribution >= 4 is 29.0 Å². The lowest BCUT2D eigenvalue weighted by atomic mass is 9.98. The summed E-state index contributed by atoms with van der Waals surface area (Å²) in [5.41, 5.74) is 7.29. The second kappa shape index (κ2) is 8.01. The number of aliphatic hydroxyl groups excluding tert-OH is 2. The summed E-state index contributed by atoms with van der Waals surface area (Å²) in [5.74, 6) is 3.72. The van der Waals surface area contributed by atoms with Gasteiger partial charge in [0.25, 0.3) is 5.91 Å². The average molecular weight is 397 g/mol. The molecule has 0 saturated carbocycles. The van der Waals surface area contributed by atoms with Gasteiger partial charge in [-0.3, -0.25) is 9.59 Å². The standard InChI is InChI=1S/C21H20FN3O4/c1-10(26)12-7-13(24-9-12)8-15-19-14(3-6-18(28)20(23)11(2)27)16(22)4-5-17(19)25-21(15)29/h4-5,7-9,11,18,20,24,27-28H,23H2,1-2H3,(H,25,29)/t11-,18+,20+/m1/s1. The van der Waals surface area contributed by atoms with E-state index < -0.39 is 30.0 Å². The van der Waals surface area contributed by atoms with E-state index in [0.717, 1.165) is 6.07 Å². The Hall–Kier alpha value is -3.25. The first-order valence-electron chi connectivity index (χ1n) is 8.87. The van der Waals surface area contributed by atoms with Crippen molar-refractivity contribution < 1.29 is 24.2 Å². The highest BCUT2D eigenvalue weighted by Crippen LogP contribution is 2.36. The lowest BCUT2D eigenvalue weighted by Crippen LogP contribution is -2.42. The van der Waals surface area contributed by atoms with Crippen molar-refractivity contribution in [3.63, 3.8) is 0 Å². The predicted molar refractivity (Wildman–Crippen MR) is 106 cm³/mol. The molecule has 2 heterocycles. The summed E-state index contributed by atoms with van der Waals surface area (Å²) >= 11 is 0. The van der Waals surface area contributed by atoms with Crippen LogP contribution in [0.1, 0.15) is 41.0 Å². The van der Waals surface area contributed by atoms with Gasteiger partial charge in [0.15, 0.2) is 5.78 Å². The molecule has 0 saturated heterocycles. The van der Waals surface area contributed by atoms with Crippen LogP contribution in [0.2, 0.25) is 0 Å². The molecule has 0 radical (unpaired) electrons. The molecule has 3 rings (SSSR count). The number of Topliss-reactive ketones (excluding diaryl/α,β-unsaturated/α-hetero) is 1. The minimum atomic E-state index is -1.38. The van der Waals surface area contributed by atoms with Gasteiger partial charge in [0.1, 0.15) is 11.9 Å². The fraction of sp³-hybridized carbons (Fsp3) is 0.238. The molecule has 3 atom stereocenters. The van der Waals surface area contributed by atoms with E-state index in [1.807, 2.05) is 0 Å². The summed E-state index contributed by atoms with van der Waals surface area (Å²) in [6, 6.07) is 3.13. The number of halogens is 1. The van der Waals surface area contributed by atoms with Crippen molar-refractivity contribution in [2.75, 3.05) is 5.32 Å². The van der Waals surface area contributed by atoms with Gasteiger partial charge in [-0.05, 0) is 38.1 Å². The quantitative estimate of drug-likeness (QED) is 0.302. The number of ketones is 1. The van der Waals surface area contributed by atoms with Gasteiger partial charge >= 0.3 is 0 Å². The zero-order valence-electron chi connectivity index (χ0n) is 15.8. The maximum atomic E-state index is 14.5. The summed E-state index contributed by atoms with van der Waals surface area (Å²) in [6.07, 6.45) is 0.621.